The fourth-order valence-electron chi connectivity index (χ4n) is 0.771. The van der Waals surface area contributed by atoms with Crippen LogP contribution >= 0.6 is 43.2 Å². The Bertz CT molecular complexity index is 317. The number of allylic oxidation sites excluding steroid dienone is 1. The highest BCUT2D eigenvalue weighted by Crippen LogP contribution is 2.32. The van der Waals surface area contributed by atoms with Crippen LogP contribution in [-0.4, -0.2) is 5.78 Å². The highest BCUT2D eigenvalue weighted by molar-refractivity contribution is 9.12. The fourth-order valence-corrected chi connectivity index (χ4v) is 3.63. The average Bonchev–Trinajstić information content (AvgIpc) is 2.30. The maximum atomic E-state index is 11.4. The zero-order valence-electron chi connectivity index (χ0n) is 6.14. The number of halogens is 2. The molecule has 1 heterocycles. The lowest BCUT2D eigenvalue weighted by molar-refractivity contribution is 0.0995. The van der Waals surface area contributed by atoms with Crippen LogP contribution in [0.25, 0.3) is 0 Å². The molecule has 0 spiro atoms. The van der Waals surface area contributed by atoms with E-state index in [0.717, 1.165) is 13.1 Å². The number of hydrogen-bond acceptors (Lipinski definition) is 2. The zero-order valence-corrected chi connectivity index (χ0v) is 10.1. The monoisotopic (exact) mass is 308 g/mol. The molecule has 12 heavy (non-hydrogen) atoms. The van der Waals surface area contributed by atoms with Crippen molar-refractivity contribution in [1.82, 2.24) is 0 Å². The molecule has 1 aromatic rings. The second-order valence-electron chi connectivity index (χ2n) is 2.15. The van der Waals surface area contributed by atoms with Gasteiger partial charge in [0.1, 0.15) is 0 Å². The first-order valence-corrected chi connectivity index (χ1v) is 5.64. The van der Waals surface area contributed by atoms with Crippen molar-refractivity contribution in [2.45, 2.75) is 6.42 Å². The van der Waals surface area contributed by atoms with Crippen LogP contribution < -0.4 is 0 Å². The van der Waals surface area contributed by atoms with Crippen molar-refractivity contribution >= 4 is 49.0 Å². The van der Waals surface area contributed by atoms with Gasteiger partial charge in [0.05, 0.1) is 7.57 Å². The number of hydrogen-bond donors (Lipinski definition) is 0. The Morgan fingerprint density at radius 2 is 2.33 bits per heavy atom. The minimum Gasteiger partial charge on any atom is -0.294 e. The number of carbonyl (C=O) groups is 1. The van der Waals surface area contributed by atoms with E-state index in [4.69, 9.17) is 0 Å². The van der Waals surface area contributed by atoms with Crippen LogP contribution in [-0.2, 0) is 0 Å². The third-order valence-corrected chi connectivity index (χ3v) is 3.63. The number of carbonyl (C=O) groups excluding carboxylic acids is 1. The van der Waals surface area contributed by atoms with E-state index in [1.54, 1.807) is 6.08 Å². The Morgan fingerprint density at radius 3 is 2.75 bits per heavy atom. The standard InChI is InChI=1S/C8H6Br2OS/c1-2-3-6(11)5-4-7(9)12-8(5)10/h2,4H,1,3H2. The van der Waals surface area contributed by atoms with Crippen LogP contribution in [0.1, 0.15) is 16.8 Å². The fraction of sp³-hybridized carbons (Fsp3) is 0.125. The van der Waals surface area contributed by atoms with Crippen molar-refractivity contribution in [2.24, 2.45) is 0 Å². The molecule has 1 rings (SSSR count). The third kappa shape index (κ3) is 2.28. The third-order valence-electron chi connectivity index (χ3n) is 1.29. The number of rotatable bonds is 3. The highest BCUT2D eigenvalue weighted by Gasteiger charge is 2.11. The van der Waals surface area contributed by atoms with E-state index in [1.807, 2.05) is 6.07 Å². The summed E-state index contributed by atoms with van der Waals surface area (Å²) in [5.41, 5.74) is 0.728. The number of ketones is 1. The van der Waals surface area contributed by atoms with Gasteiger partial charge < -0.3 is 0 Å². The summed E-state index contributed by atoms with van der Waals surface area (Å²) in [6, 6.07) is 1.82. The Hall–Kier alpha value is 0.0700. The molecule has 0 saturated carbocycles. The van der Waals surface area contributed by atoms with Gasteiger partial charge >= 0.3 is 0 Å². The van der Waals surface area contributed by atoms with Crippen molar-refractivity contribution < 1.29 is 4.79 Å². The smallest absolute Gasteiger partial charge is 0.168 e. The highest BCUT2D eigenvalue weighted by atomic mass is 79.9. The minimum atomic E-state index is 0.0961. The first-order valence-electron chi connectivity index (χ1n) is 3.24. The van der Waals surface area contributed by atoms with Gasteiger partial charge in [-0.1, -0.05) is 6.08 Å². The molecule has 0 aliphatic heterocycles. The van der Waals surface area contributed by atoms with Crippen LogP contribution in [0.2, 0.25) is 0 Å². The van der Waals surface area contributed by atoms with Gasteiger partial charge in [0.15, 0.2) is 5.78 Å². The number of thiophene rings is 1. The lowest BCUT2D eigenvalue weighted by Crippen LogP contribution is -1.94. The van der Waals surface area contributed by atoms with Crippen LogP contribution in [0.15, 0.2) is 26.3 Å². The topological polar surface area (TPSA) is 17.1 Å². The molecular formula is C8H6Br2OS. The Labute approximate surface area is 91.7 Å². The normalized spacial score (nSPS) is 9.83. The molecule has 0 bridgehead atoms. The molecule has 1 nitrogen and oxygen atoms in total. The van der Waals surface area contributed by atoms with Crippen molar-refractivity contribution in [3.05, 3.63) is 31.9 Å². The summed E-state index contributed by atoms with van der Waals surface area (Å²) in [6.45, 7) is 3.52. The molecule has 0 N–H and O–H groups in total. The van der Waals surface area contributed by atoms with Crippen molar-refractivity contribution in [3.63, 3.8) is 0 Å². The molecule has 0 unspecified atom stereocenters. The van der Waals surface area contributed by atoms with E-state index in [9.17, 15) is 4.79 Å². The molecule has 0 saturated heterocycles. The molecule has 1 aromatic heterocycles. The molecule has 4 heteroatoms. The molecule has 0 aliphatic carbocycles. The van der Waals surface area contributed by atoms with Gasteiger partial charge in [0.25, 0.3) is 0 Å². The van der Waals surface area contributed by atoms with E-state index in [0.29, 0.717) is 6.42 Å². The predicted molar refractivity (Wildman–Crippen MR) is 58.9 cm³/mol. The van der Waals surface area contributed by atoms with Gasteiger partial charge in [-0.15, -0.1) is 17.9 Å². The number of Topliss-reactive ketones (excluding diaryl/α,β-unsaturated/α-hetero) is 1. The summed E-state index contributed by atoms with van der Waals surface area (Å²) in [5, 5.41) is 0. The summed E-state index contributed by atoms with van der Waals surface area (Å²) in [4.78, 5) is 11.4. The summed E-state index contributed by atoms with van der Waals surface area (Å²) in [7, 11) is 0. The molecule has 64 valence electrons. The SMILES string of the molecule is C=CCC(=O)c1cc(Br)sc1Br. The van der Waals surface area contributed by atoms with Crippen molar-refractivity contribution in [1.29, 1.82) is 0 Å². The molecule has 0 fully saturated rings. The average molecular weight is 310 g/mol. The molecule has 0 radical (unpaired) electrons. The largest absolute Gasteiger partial charge is 0.294 e. The van der Waals surface area contributed by atoms with Gasteiger partial charge in [-0.05, 0) is 37.9 Å². The second-order valence-corrected chi connectivity index (χ2v) is 5.90. The van der Waals surface area contributed by atoms with E-state index >= 15 is 0 Å². The van der Waals surface area contributed by atoms with Crippen LogP contribution in [0.4, 0.5) is 0 Å². The van der Waals surface area contributed by atoms with Gasteiger partial charge in [0, 0.05) is 12.0 Å². The first kappa shape index (κ1) is 10.2. The molecule has 0 aromatic carbocycles. The van der Waals surface area contributed by atoms with Gasteiger partial charge in [0.2, 0.25) is 0 Å². The summed E-state index contributed by atoms with van der Waals surface area (Å²) in [5.74, 6) is 0.0961. The Balaban J connectivity index is 2.94. The lowest BCUT2D eigenvalue weighted by Gasteiger charge is -1.92. The van der Waals surface area contributed by atoms with E-state index < -0.39 is 0 Å². The molecule has 0 atom stereocenters. The van der Waals surface area contributed by atoms with Gasteiger partial charge in [-0.2, -0.15) is 0 Å². The van der Waals surface area contributed by atoms with Crippen molar-refractivity contribution in [2.75, 3.05) is 0 Å². The molecular weight excluding hydrogens is 304 g/mol. The lowest BCUT2D eigenvalue weighted by atomic mass is 10.2. The quantitative estimate of drug-likeness (QED) is 0.608. The van der Waals surface area contributed by atoms with Crippen LogP contribution in [0.5, 0.6) is 0 Å². The van der Waals surface area contributed by atoms with Gasteiger partial charge in [-0.25, -0.2) is 0 Å². The van der Waals surface area contributed by atoms with Crippen molar-refractivity contribution in [3.8, 4) is 0 Å². The maximum Gasteiger partial charge on any atom is 0.168 e. The second kappa shape index (κ2) is 4.35. The summed E-state index contributed by atoms with van der Waals surface area (Å²) in [6.07, 6.45) is 2.00. The summed E-state index contributed by atoms with van der Waals surface area (Å²) >= 11 is 8.14. The van der Waals surface area contributed by atoms with E-state index in [-0.39, 0.29) is 5.78 Å². The minimum absolute atomic E-state index is 0.0961. The van der Waals surface area contributed by atoms with Crippen LogP contribution in [0, 0.1) is 0 Å². The molecule has 0 aliphatic rings. The zero-order chi connectivity index (χ0) is 9.14. The maximum absolute atomic E-state index is 11.4. The Morgan fingerprint density at radius 1 is 1.67 bits per heavy atom. The van der Waals surface area contributed by atoms with Crippen LogP contribution in [0.3, 0.4) is 0 Å². The van der Waals surface area contributed by atoms with E-state index in [1.165, 1.54) is 11.3 Å². The van der Waals surface area contributed by atoms with E-state index in [2.05, 4.69) is 38.4 Å². The predicted octanol–water partition coefficient (Wildman–Crippen LogP) is 4.03. The summed E-state index contributed by atoms with van der Waals surface area (Å²) < 4.78 is 1.84. The van der Waals surface area contributed by atoms with Gasteiger partial charge in [-0.3, -0.25) is 4.79 Å². The first-order chi connectivity index (χ1) is 5.65. The Kier molecular flexibility index (Phi) is 3.68. The molecule has 0 amide bonds.